The van der Waals surface area contributed by atoms with Gasteiger partial charge in [-0.25, -0.2) is 17.2 Å². The van der Waals surface area contributed by atoms with Crippen LogP contribution < -0.4 is 0 Å². The molecule has 0 aromatic heterocycles. The van der Waals surface area contributed by atoms with E-state index in [1.54, 1.807) is 0 Å². The van der Waals surface area contributed by atoms with E-state index in [4.69, 9.17) is 5.11 Å². The van der Waals surface area contributed by atoms with E-state index in [-0.39, 0.29) is 30.3 Å². The van der Waals surface area contributed by atoms with Crippen LogP contribution in [0.25, 0.3) is 0 Å². The zero-order valence-corrected chi connectivity index (χ0v) is 9.43. The van der Waals surface area contributed by atoms with Crippen molar-refractivity contribution in [1.29, 1.82) is 0 Å². The van der Waals surface area contributed by atoms with Gasteiger partial charge >= 0.3 is 0 Å². The van der Waals surface area contributed by atoms with Gasteiger partial charge < -0.3 is 5.11 Å². The molecule has 0 aromatic rings. The monoisotopic (exact) mass is 242 g/mol. The zero-order valence-electron chi connectivity index (χ0n) is 8.62. The van der Waals surface area contributed by atoms with Gasteiger partial charge in [0.2, 0.25) is 0 Å². The van der Waals surface area contributed by atoms with Gasteiger partial charge in [0.05, 0.1) is 11.5 Å². The van der Waals surface area contributed by atoms with Gasteiger partial charge in [-0.1, -0.05) is 0 Å². The van der Waals surface area contributed by atoms with Crippen molar-refractivity contribution in [3.8, 4) is 0 Å². The van der Waals surface area contributed by atoms with E-state index in [2.05, 4.69) is 0 Å². The third-order valence-corrected chi connectivity index (χ3v) is 4.56. The molecule has 6 heteroatoms. The second-order valence-electron chi connectivity index (χ2n) is 4.24. The third-order valence-electron chi connectivity index (χ3n) is 2.85. The van der Waals surface area contributed by atoms with E-state index in [1.165, 1.54) is 0 Å². The molecule has 1 atom stereocenters. The SMILES string of the molecule is CC(O)C(F)(F)CC1CCS(=O)(=O)CC1. The van der Waals surface area contributed by atoms with E-state index < -0.39 is 28.3 Å². The first-order valence-corrected chi connectivity index (χ1v) is 6.81. The van der Waals surface area contributed by atoms with Crippen LogP contribution in [0.2, 0.25) is 0 Å². The Morgan fingerprint density at radius 3 is 2.27 bits per heavy atom. The molecule has 0 spiro atoms. The van der Waals surface area contributed by atoms with Gasteiger partial charge in [0.15, 0.2) is 0 Å². The van der Waals surface area contributed by atoms with Crippen molar-refractivity contribution in [2.45, 2.75) is 38.2 Å². The Hall–Kier alpha value is -0.230. The molecule has 1 fully saturated rings. The van der Waals surface area contributed by atoms with Gasteiger partial charge in [-0.05, 0) is 25.7 Å². The minimum absolute atomic E-state index is 0.00639. The molecule has 1 rings (SSSR count). The molecular weight excluding hydrogens is 226 g/mol. The molecule has 15 heavy (non-hydrogen) atoms. The van der Waals surface area contributed by atoms with Crippen LogP contribution in [0, 0.1) is 5.92 Å². The molecule has 3 nitrogen and oxygen atoms in total. The summed E-state index contributed by atoms with van der Waals surface area (Å²) >= 11 is 0. The molecule has 1 heterocycles. The van der Waals surface area contributed by atoms with Crippen molar-refractivity contribution in [3.63, 3.8) is 0 Å². The molecule has 0 aromatic carbocycles. The van der Waals surface area contributed by atoms with Gasteiger partial charge in [0.25, 0.3) is 5.92 Å². The zero-order chi connectivity index (χ0) is 11.7. The molecule has 1 saturated heterocycles. The summed E-state index contributed by atoms with van der Waals surface area (Å²) in [6.45, 7) is 1.06. The standard InChI is InChI=1S/C9H16F2O3S/c1-7(12)9(10,11)6-8-2-4-15(13,14)5-3-8/h7-8,12H,2-6H2,1H3. The molecule has 1 unspecified atom stereocenters. The maximum Gasteiger partial charge on any atom is 0.273 e. The van der Waals surface area contributed by atoms with E-state index in [0.717, 1.165) is 6.92 Å². The fraction of sp³-hybridized carbons (Fsp3) is 1.00. The van der Waals surface area contributed by atoms with Crippen molar-refractivity contribution < 1.29 is 22.3 Å². The Kier molecular flexibility index (Phi) is 3.71. The molecule has 0 amide bonds. The normalized spacial score (nSPS) is 25.1. The minimum Gasteiger partial charge on any atom is -0.387 e. The van der Waals surface area contributed by atoms with E-state index in [1.807, 2.05) is 0 Å². The molecule has 0 radical (unpaired) electrons. The van der Waals surface area contributed by atoms with Crippen LogP contribution in [-0.4, -0.2) is 37.1 Å². The summed E-state index contributed by atoms with van der Waals surface area (Å²) in [5.74, 6) is -3.41. The van der Waals surface area contributed by atoms with Crippen molar-refractivity contribution >= 4 is 9.84 Å². The van der Waals surface area contributed by atoms with Gasteiger partial charge in [0.1, 0.15) is 15.9 Å². The van der Waals surface area contributed by atoms with Gasteiger partial charge in [-0.15, -0.1) is 0 Å². The minimum atomic E-state index is -3.11. The van der Waals surface area contributed by atoms with Crippen LogP contribution in [-0.2, 0) is 9.84 Å². The highest BCUT2D eigenvalue weighted by molar-refractivity contribution is 7.91. The van der Waals surface area contributed by atoms with Crippen molar-refractivity contribution in [1.82, 2.24) is 0 Å². The molecule has 1 aliphatic rings. The number of aliphatic hydroxyl groups is 1. The largest absolute Gasteiger partial charge is 0.387 e. The summed E-state index contributed by atoms with van der Waals surface area (Å²) in [5, 5.41) is 8.85. The first kappa shape index (κ1) is 12.8. The number of alkyl halides is 2. The van der Waals surface area contributed by atoms with Crippen LogP contribution in [0.5, 0.6) is 0 Å². The lowest BCUT2D eigenvalue weighted by molar-refractivity contribution is -0.114. The Morgan fingerprint density at radius 2 is 1.87 bits per heavy atom. The molecule has 0 saturated carbocycles. The number of rotatable bonds is 3. The molecule has 1 aliphatic heterocycles. The highest BCUT2D eigenvalue weighted by atomic mass is 32.2. The lowest BCUT2D eigenvalue weighted by atomic mass is 9.93. The molecule has 0 bridgehead atoms. The molecule has 1 N–H and O–H groups in total. The fourth-order valence-corrected chi connectivity index (χ4v) is 3.29. The van der Waals surface area contributed by atoms with E-state index in [0.29, 0.717) is 0 Å². The second kappa shape index (κ2) is 4.33. The predicted octanol–water partition coefficient (Wildman–Crippen LogP) is 1.22. The number of halogens is 2. The quantitative estimate of drug-likeness (QED) is 0.809. The van der Waals surface area contributed by atoms with Crippen molar-refractivity contribution in [2.75, 3.05) is 11.5 Å². The lowest BCUT2D eigenvalue weighted by Gasteiger charge is -2.27. The third kappa shape index (κ3) is 3.68. The summed E-state index contributed by atoms with van der Waals surface area (Å²) in [6.07, 6.45) is -1.52. The first-order chi connectivity index (χ1) is 6.73. The van der Waals surface area contributed by atoms with E-state index in [9.17, 15) is 17.2 Å². The Bertz CT molecular complexity index is 297. The highest BCUT2D eigenvalue weighted by Crippen LogP contribution is 2.32. The first-order valence-electron chi connectivity index (χ1n) is 4.99. The van der Waals surface area contributed by atoms with Gasteiger partial charge in [0, 0.05) is 6.42 Å². The fourth-order valence-electron chi connectivity index (χ4n) is 1.70. The predicted molar refractivity (Wildman–Crippen MR) is 52.6 cm³/mol. The molecular formula is C9H16F2O3S. The summed E-state index contributed by atoms with van der Waals surface area (Å²) in [4.78, 5) is 0. The number of aliphatic hydroxyl groups excluding tert-OH is 1. The summed E-state index contributed by atoms with van der Waals surface area (Å²) in [5.41, 5.74) is 0. The average Bonchev–Trinajstić information content (AvgIpc) is 2.08. The van der Waals surface area contributed by atoms with Gasteiger partial charge in [-0.3, -0.25) is 0 Å². The van der Waals surface area contributed by atoms with Crippen LogP contribution in [0.1, 0.15) is 26.2 Å². The maximum absolute atomic E-state index is 13.1. The maximum atomic E-state index is 13.1. The smallest absolute Gasteiger partial charge is 0.273 e. The Labute approximate surface area is 88.4 Å². The average molecular weight is 242 g/mol. The Balaban J connectivity index is 2.49. The molecule has 90 valence electrons. The van der Waals surface area contributed by atoms with Gasteiger partial charge in [-0.2, -0.15) is 0 Å². The van der Waals surface area contributed by atoms with Crippen molar-refractivity contribution in [3.05, 3.63) is 0 Å². The number of sulfone groups is 1. The summed E-state index contributed by atoms with van der Waals surface area (Å²) in [7, 11) is -3.00. The number of hydrogen-bond donors (Lipinski definition) is 1. The summed E-state index contributed by atoms with van der Waals surface area (Å²) < 4.78 is 48.4. The van der Waals surface area contributed by atoms with Crippen LogP contribution >= 0.6 is 0 Å². The van der Waals surface area contributed by atoms with Crippen LogP contribution in [0.4, 0.5) is 8.78 Å². The summed E-state index contributed by atoms with van der Waals surface area (Å²) in [6, 6.07) is 0. The van der Waals surface area contributed by atoms with Crippen molar-refractivity contribution in [2.24, 2.45) is 5.92 Å². The topological polar surface area (TPSA) is 54.4 Å². The molecule has 0 aliphatic carbocycles. The van der Waals surface area contributed by atoms with Crippen LogP contribution in [0.3, 0.4) is 0 Å². The Morgan fingerprint density at radius 1 is 1.40 bits per heavy atom. The van der Waals surface area contributed by atoms with E-state index >= 15 is 0 Å². The lowest BCUT2D eigenvalue weighted by Crippen LogP contribution is -2.35. The number of hydrogen-bond acceptors (Lipinski definition) is 3. The second-order valence-corrected chi connectivity index (χ2v) is 6.54. The van der Waals surface area contributed by atoms with Crippen LogP contribution in [0.15, 0.2) is 0 Å². The highest BCUT2D eigenvalue weighted by Gasteiger charge is 2.39.